The maximum absolute atomic E-state index is 13.8. The molecule has 1 aliphatic rings. The van der Waals surface area contributed by atoms with Crippen molar-refractivity contribution < 1.29 is 58.5 Å². The molecule has 1 fully saturated rings. The van der Waals surface area contributed by atoms with Gasteiger partial charge in [-0.05, 0) is 24.1 Å². The van der Waals surface area contributed by atoms with E-state index in [-0.39, 0.29) is 18.7 Å². The lowest BCUT2D eigenvalue weighted by Gasteiger charge is -2.28. The van der Waals surface area contributed by atoms with E-state index in [0.717, 1.165) is 32.1 Å². The lowest BCUT2D eigenvalue weighted by atomic mass is 9.99. The lowest BCUT2D eigenvalue weighted by molar-refractivity contribution is -0.136. The number of nitrogens with one attached hydrogen (secondary N) is 7. The number of ketones is 1. The second-order valence-electron chi connectivity index (χ2n) is 15.0. The van der Waals surface area contributed by atoms with Crippen LogP contribution in [0, 0.1) is 0 Å². The van der Waals surface area contributed by atoms with E-state index in [1.165, 1.54) is 49.9 Å². The van der Waals surface area contributed by atoms with Crippen LogP contribution in [0.4, 0.5) is 0 Å². The van der Waals surface area contributed by atoms with Crippen LogP contribution in [-0.4, -0.2) is 131 Å². The van der Waals surface area contributed by atoms with E-state index in [9.17, 15) is 58.5 Å². The van der Waals surface area contributed by atoms with Crippen LogP contribution in [0.5, 0.6) is 5.75 Å². The van der Waals surface area contributed by atoms with Gasteiger partial charge in [0.05, 0.1) is 44.7 Å². The van der Waals surface area contributed by atoms with E-state index in [2.05, 4.69) is 44.1 Å². The Balaban J connectivity index is 2.44. The number of phenols is 1. The zero-order valence-electron chi connectivity index (χ0n) is 34.7. The van der Waals surface area contributed by atoms with Gasteiger partial charge in [0.1, 0.15) is 29.9 Å². The first-order chi connectivity index (χ1) is 29.1. The van der Waals surface area contributed by atoms with Crippen molar-refractivity contribution >= 4 is 53.0 Å². The minimum Gasteiger partial charge on any atom is -0.508 e. The van der Waals surface area contributed by atoms with Crippen molar-refractivity contribution in [1.82, 2.24) is 37.2 Å². The minimum absolute atomic E-state index is 0.0846. The zero-order valence-corrected chi connectivity index (χ0v) is 34.7. The predicted molar refractivity (Wildman–Crippen MR) is 220 cm³/mol. The van der Waals surface area contributed by atoms with Crippen LogP contribution in [0.25, 0.3) is 0 Å². The number of aromatic hydroxyl groups is 1. The van der Waals surface area contributed by atoms with Crippen LogP contribution in [-0.2, 0) is 49.6 Å². The molecule has 14 N–H and O–H groups in total. The molecule has 0 saturated carbocycles. The topological polar surface area (TPSA) is 351 Å². The quantitative estimate of drug-likeness (QED) is 0.0585. The highest BCUT2D eigenvalue weighted by molar-refractivity contribution is 6.00. The Morgan fingerprint density at radius 1 is 0.656 bits per heavy atom. The number of nitrogens with two attached hydrogens (primary N) is 2. The summed E-state index contributed by atoms with van der Waals surface area (Å²) >= 11 is 0. The summed E-state index contributed by atoms with van der Waals surface area (Å²) in [5.41, 5.74) is 11.2. The number of carbonyl (C=O) groups excluding carboxylic acids is 9. The molecule has 1 aromatic carbocycles. The fraction of sp³-hybridized carbons (Fsp3) is 0.625. The standard InChI is InChI=1S/C40H63N9O12/c1-2-3-4-5-6-7-8-9-10-11-16-43-37(58)29-20-34(55)47-31(23-51)40(61)48-27(17-24-12-14-25(52)15-13-24)38(59)44-21-35(56)46-28(19-33(42)54)39(60)49-30(22-50)36(57)26(45-29)18-32(41)53/h12-15,26-31,45,50-52H,2-11,16-23H2,1H3,(H2,41,53)(H2,42,54)(H,43,58)(H,44,59)(H,46,56)(H,47,55)(H,48,61)(H,49,60)/t26-,27+,28-,29-,30-,31+/m0/s1. The summed E-state index contributed by atoms with van der Waals surface area (Å²) < 4.78 is 0. The van der Waals surface area contributed by atoms with Crippen molar-refractivity contribution in [1.29, 1.82) is 0 Å². The molecular formula is C40H63N9O12. The second-order valence-corrected chi connectivity index (χ2v) is 15.0. The monoisotopic (exact) mass is 861 g/mol. The average molecular weight is 862 g/mol. The fourth-order valence-corrected chi connectivity index (χ4v) is 6.51. The molecule has 1 heterocycles. The number of benzene rings is 1. The Bertz CT molecular complexity index is 1640. The van der Waals surface area contributed by atoms with Gasteiger partial charge in [-0.1, -0.05) is 76.8 Å². The molecule has 6 atom stereocenters. The van der Waals surface area contributed by atoms with Gasteiger partial charge in [0.2, 0.25) is 47.3 Å². The Labute approximate surface area is 354 Å². The van der Waals surface area contributed by atoms with E-state index in [4.69, 9.17) is 11.5 Å². The number of Topliss-reactive ketones (excluding diaryl/α,β-unsaturated/α-hetero) is 1. The van der Waals surface area contributed by atoms with Crippen molar-refractivity contribution in [3.8, 4) is 5.75 Å². The van der Waals surface area contributed by atoms with Crippen molar-refractivity contribution in [2.24, 2.45) is 11.5 Å². The molecule has 2 rings (SSSR count). The Morgan fingerprint density at radius 3 is 1.75 bits per heavy atom. The molecule has 61 heavy (non-hydrogen) atoms. The maximum Gasteiger partial charge on any atom is 0.245 e. The van der Waals surface area contributed by atoms with Gasteiger partial charge in [-0.3, -0.25) is 48.5 Å². The molecular weight excluding hydrogens is 798 g/mol. The zero-order chi connectivity index (χ0) is 45.3. The smallest absolute Gasteiger partial charge is 0.245 e. The van der Waals surface area contributed by atoms with Gasteiger partial charge in [0.25, 0.3) is 0 Å². The van der Waals surface area contributed by atoms with Crippen LogP contribution < -0.4 is 48.7 Å². The number of amides is 8. The third-order valence-corrected chi connectivity index (χ3v) is 9.85. The van der Waals surface area contributed by atoms with Gasteiger partial charge in [0, 0.05) is 19.4 Å². The molecule has 21 heteroatoms. The summed E-state index contributed by atoms with van der Waals surface area (Å²) in [7, 11) is 0. The Kier molecular flexibility index (Phi) is 23.6. The third kappa shape index (κ3) is 20.0. The molecule has 8 amide bonds. The summed E-state index contributed by atoms with van der Waals surface area (Å²) in [4.78, 5) is 118. The van der Waals surface area contributed by atoms with Crippen LogP contribution >= 0.6 is 0 Å². The van der Waals surface area contributed by atoms with Crippen molar-refractivity contribution in [3.05, 3.63) is 29.8 Å². The van der Waals surface area contributed by atoms with E-state index >= 15 is 0 Å². The first-order valence-electron chi connectivity index (χ1n) is 20.7. The van der Waals surface area contributed by atoms with Crippen molar-refractivity contribution in [2.75, 3.05) is 26.3 Å². The number of hydrogen-bond acceptors (Lipinski definition) is 13. The summed E-state index contributed by atoms with van der Waals surface area (Å²) in [5.74, 6) is -9.20. The predicted octanol–water partition coefficient (Wildman–Crippen LogP) is -2.94. The fourth-order valence-electron chi connectivity index (χ4n) is 6.51. The molecule has 0 unspecified atom stereocenters. The van der Waals surface area contributed by atoms with E-state index in [1.807, 2.05) is 0 Å². The number of phenolic OH excluding ortho intramolecular Hbond substituents is 1. The van der Waals surface area contributed by atoms with E-state index in [1.54, 1.807) is 0 Å². The Morgan fingerprint density at radius 2 is 1.18 bits per heavy atom. The summed E-state index contributed by atoms with van der Waals surface area (Å²) in [6, 6.07) is -4.37. The normalized spacial score (nSPS) is 22.5. The molecule has 340 valence electrons. The summed E-state index contributed by atoms with van der Waals surface area (Å²) in [6.45, 7) is -0.511. The molecule has 0 bridgehead atoms. The minimum atomic E-state index is -1.81. The van der Waals surface area contributed by atoms with E-state index in [0.29, 0.717) is 12.0 Å². The van der Waals surface area contributed by atoms with Crippen LogP contribution in [0.3, 0.4) is 0 Å². The molecule has 1 aliphatic heterocycles. The summed E-state index contributed by atoms with van der Waals surface area (Å²) in [5, 5.41) is 46.8. The average Bonchev–Trinajstić information content (AvgIpc) is 3.21. The first-order valence-corrected chi connectivity index (χ1v) is 20.7. The van der Waals surface area contributed by atoms with Gasteiger partial charge in [0.15, 0.2) is 5.78 Å². The number of aliphatic hydroxyl groups excluding tert-OH is 2. The number of carbonyl (C=O) groups is 9. The van der Waals surface area contributed by atoms with Crippen molar-refractivity contribution in [2.45, 2.75) is 133 Å². The molecule has 0 spiro atoms. The first kappa shape index (κ1) is 51.5. The number of rotatable bonds is 20. The lowest BCUT2D eigenvalue weighted by Crippen LogP contribution is -2.61. The number of primary amides is 2. The molecule has 0 aromatic heterocycles. The van der Waals surface area contributed by atoms with Gasteiger partial charge in [-0.15, -0.1) is 0 Å². The second kappa shape index (κ2) is 28.0. The molecule has 1 saturated heterocycles. The molecule has 1 aromatic rings. The molecule has 0 radical (unpaired) electrons. The highest BCUT2D eigenvalue weighted by atomic mass is 16.3. The number of unbranched alkanes of at least 4 members (excludes halogenated alkanes) is 9. The highest BCUT2D eigenvalue weighted by Crippen LogP contribution is 2.13. The van der Waals surface area contributed by atoms with Crippen LogP contribution in [0.1, 0.15) is 96.0 Å². The number of aliphatic hydroxyl groups is 2. The van der Waals surface area contributed by atoms with Crippen molar-refractivity contribution in [3.63, 3.8) is 0 Å². The van der Waals surface area contributed by atoms with Gasteiger partial charge >= 0.3 is 0 Å². The van der Waals surface area contributed by atoms with Crippen LogP contribution in [0.15, 0.2) is 24.3 Å². The Hall–Kier alpha value is -5.67. The maximum atomic E-state index is 13.8. The SMILES string of the molecule is CCCCCCCCCCCCNC(=O)[C@@H]1CC(=O)N[C@H](CO)C(=O)N[C@H](Cc2ccc(O)cc2)C(=O)NCC(=O)N[C@@H](CC(N)=O)C(=O)N[C@@H](CO)C(=O)[C@H](CC(N)=O)N1. The van der Waals surface area contributed by atoms with Gasteiger partial charge < -0.3 is 58.7 Å². The molecule has 21 nitrogen and oxygen atoms in total. The van der Waals surface area contributed by atoms with Gasteiger partial charge in [-0.2, -0.15) is 0 Å². The highest BCUT2D eigenvalue weighted by Gasteiger charge is 2.36. The number of hydrogen-bond donors (Lipinski definition) is 12. The largest absolute Gasteiger partial charge is 0.508 e. The summed E-state index contributed by atoms with van der Waals surface area (Å²) in [6.07, 6.45) is 7.83. The van der Waals surface area contributed by atoms with E-state index < -0.39 is 128 Å². The van der Waals surface area contributed by atoms with Gasteiger partial charge in [-0.25, -0.2) is 0 Å². The third-order valence-electron chi connectivity index (χ3n) is 9.85. The van der Waals surface area contributed by atoms with Crippen LogP contribution in [0.2, 0.25) is 0 Å². The molecule has 0 aliphatic carbocycles.